The number of methoxy groups -OCH3 is 1. The van der Waals surface area contributed by atoms with Gasteiger partial charge in [-0.2, -0.15) is 5.11 Å². The van der Waals surface area contributed by atoms with Gasteiger partial charge in [0.1, 0.15) is 5.75 Å². The first-order chi connectivity index (χ1) is 13.7. The minimum absolute atomic E-state index is 0.679. The highest BCUT2D eigenvalue weighted by atomic mass is 35.5. The maximum Gasteiger partial charge on any atom is 0.119 e. The summed E-state index contributed by atoms with van der Waals surface area (Å²) >= 11 is 5.92. The van der Waals surface area contributed by atoms with Crippen LogP contribution in [0.5, 0.6) is 5.75 Å². The Kier molecular flexibility index (Phi) is 5.22. The fraction of sp³-hybridized carbons (Fsp3) is 0.0435. The smallest absolute Gasteiger partial charge is 0.119 e. The summed E-state index contributed by atoms with van der Waals surface area (Å²) in [5, 5.41) is 15.0. The molecule has 5 heteroatoms. The monoisotopic (exact) mass is 387 g/mol. The van der Waals surface area contributed by atoms with E-state index >= 15 is 0 Å². The third kappa shape index (κ3) is 3.97. The molecule has 4 nitrogen and oxygen atoms in total. The number of nitrogens with zero attached hydrogens (tertiary/aromatic N) is 2. The van der Waals surface area contributed by atoms with Crippen LogP contribution in [-0.4, -0.2) is 7.11 Å². The molecular formula is C23H18ClN3O. The molecule has 0 aliphatic heterocycles. The zero-order valence-corrected chi connectivity index (χ0v) is 16.0. The highest BCUT2D eigenvalue weighted by Crippen LogP contribution is 2.34. The zero-order valence-electron chi connectivity index (χ0n) is 15.3. The summed E-state index contributed by atoms with van der Waals surface area (Å²) in [6.45, 7) is 0. The van der Waals surface area contributed by atoms with Gasteiger partial charge in [-0.1, -0.05) is 35.9 Å². The van der Waals surface area contributed by atoms with Gasteiger partial charge in [0.15, 0.2) is 0 Å². The van der Waals surface area contributed by atoms with E-state index in [0.29, 0.717) is 5.02 Å². The zero-order chi connectivity index (χ0) is 19.3. The molecule has 138 valence electrons. The largest absolute Gasteiger partial charge is 0.497 e. The van der Waals surface area contributed by atoms with Crippen LogP contribution in [0.15, 0.2) is 95.2 Å². The lowest BCUT2D eigenvalue weighted by atomic mass is 10.1. The molecule has 0 aliphatic rings. The number of hydrogen-bond donors (Lipinski definition) is 1. The average molecular weight is 388 g/mol. The maximum atomic E-state index is 5.92. The number of hydrogen-bond acceptors (Lipinski definition) is 4. The van der Waals surface area contributed by atoms with Crippen LogP contribution in [0.1, 0.15) is 0 Å². The summed E-state index contributed by atoms with van der Waals surface area (Å²) in [7, 11) is 1.66. The minimum Gasteiger partial charge on any atom is -0.497 e. The fourth-order valence-corrected chi connectivity index (χ4v) is 3.05. The van der Waals surface area contributed by atoms with Gasteiger partial charge in [0, 0.05) is 27.2 Å². The second kappa shape index (κ2) is 8.11. The lowest BCUT2D eigenvalue weighted by Gasteiger charge is -2.11. The highest BCUT2D eigenvalue weighted by molar-refractivity contribution is 6.30. The van der Waals surface area contributed by atoms with Gasteiger partial charge in [-0.25, -0.2) is 0 Å². The molecule has 0 spiro atoms. The summed E-state index contributed by atoms with van der Waals surface area (Å²) in [5.74, 6) is 0.827. The Bertz CT molecular complexity index is 1120. The van der Waals surface area contributed by atoms with E-state index in [1.165, 1.54) is 0 Å². The van der Waals surface area contributed by atoms with Crippen molar-refractivity contribution in [2.24, 2.45) is 10.2 Å². The van der Waals surface area contributed by atoms with Crippen molar-refractivity contribution in [2.45, 2.75) is 0 Å². The Balaban J connectivity index is 1.67. The molecule has 0 bridgehead atoms. The van der Waals surface area contributed by atoms with Gasteiger partial charge in [-0.05, 0) is 60.7 Å². The number of rotatable bonds is 5. The molecule has 0 radical (unpaired) electrons. The van der Waals surface area contributed by atoms with Crippen LogP contribution in [0, 0.1) is 0 Å². The summed E-state index contributed by atoms with van der Waals surface area (Å²) in [6.07, 6.45) is 0. The third-order valence-electron chi connectivity index (χ3n) is 4.37. The van der Waals surface area contributed by atoms with Gasteiger partial charge >= 0.3 is 0 Å². The third-order valence-corrected chi connectivity index (χ3v) is 4.62. The molecule has 0 saturated heterocycles. The minimum atomic E-state index is 0.679. The Morgan fingerprint density at radius 2 is 1.46 bits per heavy atom. The summed E-state index contributed by atoms with van der Waals surface area (Å²) in [5.41, 5.74) is 3.56. The number of azo groups is 1. The molecule has 0 amide bonds. The van der Waals surface area contributed by atoms with Crippen molar-refractivity contribution in [3.8, 4) is 5.75 Å². The Morgan fingerprint density at radius 1 is 0.750 bits per heavy atom. The molecule has 0 heterocycles. The van der Waals surface area contributed by atoms with Gasteiger partial charge in [0.25, 0.3) is 0 Å². The number of benzene rings is 4. The van der Waals surface area contributed by atoms with Gasteiger partial charge in [0.2, 0.25) is 0 Å². The van der Waals surface area contributed by atoms with E-state index in [2.05, 4.69) is 21.6 Å². The Morgan fingerprint density at radius 3 is 2.18 bits per heavy atom. The molecule has 0 aromatic heterocycles. The van der Waals surface area contributed by atoms with Gasteiger partial charge in [0.05, 0.1) is 18.5 Å². The van der Waals surface area contributed by atoms with E-state index in [1.807, 2.05) is 66.7 Å². The lowest BCUT2D eigenvalue weighted by Crippen LogP contribution is -1.92. The molecule has 0 fully saturated rings. The maximum absolute atomic E-state index is 5.92. The van der Waals surface area contributed by atoms with Gasteiger partial charge in [-0.15, -0.1) is 5.11 Å². The molecule has 0 unspecified atom stereocenters. The second-order valence-electron chi connectivity index (χ2n) is 6.21. The van der Waals surface area contributed by atoms with E-state index in [1.54, 1.807) is 19.2 Å². The van der Waals surface area contributed by atoms with Crippen LogP contribution in [0.4, 0.5) is 22.7 Å². The van der Waals surface area contributed by atoms with E-state index < -0.39 is 0 Å². The van der Waals surface area contributed by atoms with Crippen molar-refractivity contribution < 1.29 is 4.74 Å². The van der Waals surface area contributed by atoms with Crippen molar-refractivity contribution >= 4 is 45.1 Å². The van der Waals surface area contributed by atoms with E-state index in [4.69, 9.17) is 16.3 Å². The van der Waals surface area contributed by atoms with Crippen LogP contribution in [0.25, 0.3) is 10.8 Å². The first-order valence-electron chi connectivity index (χ1n) is 8.83. The van der Waals surface area contributed by atoms with Crippen LogP contribution >= 0.6 is 11.6 Å². The predicted octanol–water partition coefficient (Wildman–Crippen LogP) is 7.66. The molecule has 0 aliphatic carbocycles. The van der Waals surface area contributed by atoms with Gasteiger partial charge in [-0.3, -0.25) is 0 Å². The molecule has 4 rings (SSSR count). The van der Waals surface area contributed by atoms with Crippen molar-refractivity contribution in [3.63, 3.8) is 0 Å². The van der Waals surface area contributed by atoms with Crippen LogP contribution in [-0.2, 0) is 0 Å². The van der Waals surface area contributed by atoms with Crippen molar-refractivity contribution in [1.29, 1.82) is 0 Å². The topological polar surface area (TPSA) is 46.0 Å². The van der Waals surface area contributed by atoms with Crippen LogP contribution in [0.3, 0.4) is 0 Å². The first kappa shape index (κ1) is 18.0. The van der Waals surface area contributed by atoms with Crippen LogP contribution < -0.4 is 10.1 Å². The normalized spacial score (nSPS) is 11.1. The first-order valence-corrected chi connectivity index (χ1v) is 9.21. The quantitative estimate of drug-likeness (QED) is 0.357. The Labute approximate surface area is 168 Å². The average Bonchev–Trinajstić information content (AvgIpc) is 2.75. The highest BCUT2D eigenvalue weighted by Gasteiger charge is 2.06. The predicted molar refractivity (Wildman–Crippen MR) is 116 cm³/mol. The Hall–Kier alpha value is -3.37. The number of nitrogens with one attached hydrogen (secondary N) is 1. The summed E-state index contributed by atoms with van der Waals surface area (Å²) in [4.78, 5) is 0. The van der Waals surface area contributed by atoms with Crippen molar-refractivity contribution in [1.82, 2.24) is 0 Å². The number of ether oxygens (including phenoxy) is 1. The number of halogens is 1. The molecule has 0 atom stereocenters. The van der Waals surface area contributed by atoms with E-state index in [-0.39, 0.29) is 0 Å². The molecular weight excluding hydrogens is 370 g/mol. The molecule has 28 heavy (non-hydrogen) atoms. The van der Waals surface area contributed by atoms with Crippen molar-refractivity contribution in [2.75, 3.05) is 12.4 Å². The van der Waals surface area contributed by atoms with Crippen molar-refractivity contribution in [3.05, 3.63) is 90.0 Å². The second-order valence-corrected chi connectivity index (χ2v) is 6.64. The fourth-order valence-electron chi connectivity index (χ4n) is 2.93. The van der Waals surface area contributed by atoms with Gasteiger partial charge < -0.3 is 10.1 Å². The number of fused-ring (bicyclic) bond motifs is 1. The SMILES string of the molecule is COc1ccc(Nc2ccc(N=Nc3ccc(Cl)cc3)c3ccccc23)cc1. The van der Waals surface area contributed by atoms with E-state index in [9.17, 15) is 0 Å². The van der Waals surface area contributed by atoms with Crippen LogP contribution in [0.2, 0.25) is 5.02 Å². The molecule has 1 N–H and O–H groups in total. The summed E-state index contributed by atoms with van der Waals surface area (Å²) in [6, 6.07) is 27.2. The molecule has 4 aromatic rings. The molecule has 0 saturated carbocycles. The van der Waals surface area contributed by atoms with E-state index in [0.717, 1.165) is 39.3 Å². The lowest BCUT2D eigenvalue weighted by molar-refractivity contribution is 0.415. The molecule has 4 aromatic carbocycles. The number of anilines is 2. The standard InChI is InChI=1S/C23H18ClN3O/c1-28-19-12-10-17(11-13-19)25-22-14-15-23(21-5-3-2-4-20(21)22)27-26-18-8-6-16(24)7-9-18/h2-15,25H,1H3. The summed E-state index contributed by atoms with van der Waals surface area (Å²) < 4.78 is 5.22.